The van der Waals surface area contributed by atoms with Gasteiger partial charge in [-0.2, -0.15) is 0 Å². The van der Waals surface area contributed by atoms with E-state index in [-0.39, 0.29) is 5.82 Å². The van der Waals surface area contributed by atoms with E-state index in [1.807, 2.05) is 43.6 Å². The summed E-state index contributed by atoms with van der Waals surface area (Å²) >= 11 is 0. The van der Waals surface area contributed by atoms with Gasteiger partial charge in [-0.15, -0.1) is 0 Å². The number of aromatic amines is 1. The number of nitrogens with one attached hydrogen (secondary N) is 1. The maximum atomic E-state index is 13.7. The molecule has 138 valence electrons. The number of aliphatic hydroxyl groups is 1. The number of aromatic nitrogens is 3. The lowest BCUT2D eigenvalue weighted by Crippen LogP contribution is -2.07. The summed E-state index contributed by atoms with van der Waals surface area (Å²) in [5.41, 5.74) is 5.66. The molecular formula is C22H22FN3O. The van der Waals surface area contributed by atoms with E-state index < -0.39 is 6.10 Å². The Kier molecular flexibility index (Phi) is 4.54. The number of aliphatic hydroxyl groups excluding tert-OH is 1. The molecule has 2 aromatic heterocycles. The normalized spacial score (nSPS) is 12.6. The fourth-order valence-electron chi connectivity index (χ4n) is 3.48. The van der Waals surface area contributed by atoms with Crippen LogP contribution in [0.4, 0.5) is 4.39 Å². The van der Waals surface area contributed by atoms with Crippen molar-refractivity contribution in [2.24, 2.45) is 0 Å². The van der Waals surface area contributed by atoms with E-state index in [4.69, 9.17) is 0 Å². The first-order valence-corrected chi connectivity index (χ1v) is 9.11. The average Bonchev–Trinajstić information content (AvgIpc) is 3.22. The standard InChI is InChI=1S/C22H22FN3O/c1-14(27)10-11-26-13-24-21(16-6-4-3-5-7-16)22(26)20-15(2)18-12-17(23)8-9-19(18)25-20/h3-9,12-14,25,27H,10-11H2,1-2H3/t14-/m0/s1. The molecule has 2 aromatic carbocycles. The van der Waals surface area contributed by atoms with Gasteiger partial charge in [-0.1, -0.05) is 30.3 Å². The van der Waals surface area contributed by atoms with Gasteiger partial charge in [0.15, 0.2) is 0 Å². The van der Waals surface area contributed by atoms with Gasteiger partial charge in [-0.25, -0.2) is 9.37 Å². The highest BCUT2D eigenvalue weighted by Gasteiger charge is 2.20. The van der Waals surface area contributed by atoms with E-state index >= 15 is 0 Å². The molecule has 0 radical (unpaired) electrons. The van der Waals surface area contributed by atoms with Gasteiger partial charge in [-0.05, 0) is 44.0 Å². The minimum atomic E-state index is -0.390. The number of benzene rings is 2. The van der Waals surface area contributed by atoms with Crippen molar-refractivity contribution in [1.29, 1.82) is 0 Å². The highest BCUT2D eigenvalue weighted by molar-refractivity contribution is 5.92. The lowest BCUT2D eigenvalue weighted by Gasteiger charge is -2.11. The number of fused-ring (bicyclic) bond motifs is 1. The molecular weight excluding hydrogens is 341 g/mol. The molecule has 0 aliphatic rings. The third-order valence-electron chi connectivity index (χ3n) is 4.93. The van der Waals surface area contributed by atoms with Crippen LogP contribution in [0.2, 0.25) is 0 Å². The summed E-state index contributed by atoms with van der Waals surface area (Å²) in [6.45, 7) is 4.43. The smallest absolute Gasteiger partial charge is 0.123 e. The van der Waals surface area contributed by atoms with Crippen LogP contribution in [0.3, 0.4) is 0 Å². The molecule has 0 fully saturated rings. The van der Waals surface area contributed by atoms with Crippen molar-refractivity contribution >= 4 is 10.9 Å². The van der Waals surface area contributed by atoms with Gasteiger partial charge >= 0.3 is 0 Å². The minimum absolute atomic E-state index is 0.248. The van der Waals surface area contributed by atoms with Gasteiger partial charge in [0, 0.05) is 23.0 Å². The van der Waals surface area contributed by atoms with E-state index in [2.05, 4.69) is 14.5 Å². The van der Waals surface area contributed by atoms with Crippen molar-refractivity contribution in [3.05, 3.63) is 66.2 Å². The van der Waals surface area contributed by atoms with Crippen LogP contribution >= 0.6 is 0 Å². The van der Waals surface area contributed by atoms with Crippen LogP contribution in [0, 0.1) is 12.7 Å². The average molecular weight is 363 g/mol. The summed E-state index contributed by atoms with van der Waals surface area (Å²) in [4.78, 5) is 8.10. The molecule has 4 nitrogen and oxygen atoms in total. The molecule has 0 aliphatic carbocycles. The summed E-state index contributed by atoms with van der Waals surface area (Å²) in [6.07, 6.45) is 2.05. The minimum Gasteiger partial charge on any atom is -0.393 e. The van der Waals surface area contributed by atoms with Crippen LogP contribution in [0.1, 0.15) is 18.9 Å². The second-order valence-electron chi connectivity index (χ2n) is 6.95. The van der Waals surface area contributed by atoms with Crippen molar-refractivity contribution in [2.75, 3.05) is 0 Å². The zero-order valence-corrected chi connectivity index (χ0v) is 15.4. The number of H-pyrrole nitrogens is 1. The monoisotopic (exact) mass is 363 g/mol. The zero-order chi connectivity index (χ0) is 19.0. The van der Waals surface area contributed by atoms with Crippen molar-refractivity contribution in [1.82, 2.24) is 14.5 Å². The third kappa shape index (κ3) is 3.26. The Labute approximate surface area is 157 Å². The first-order chi connectivity index (χ1) is 13.0. The quantitative estimate of drug-likeness (QED) is 0.529. The largest absolute Gasteiger partial charge is 0.393 e. The Hall–Kier alpha value is -2.92. The molecule has 2 heterocycles. The Morgan fingerprint density at radius 2 is 1.96 bits per heavy atom. The molecule has 0 spiro atoms. The molecule has 0 saturated heterocycles. The summed E-state index contributed by atoms with van der Waals surface area (Å²) in [7, 11) is 0. The van der Waals surface area contributed by atoms with Crippen molar-refractivity contribution < 1.29 is 9.50 Å². The summed E-state index contributed by atoms with van der Waals surface area (Å²) in [5.74, 6) is -0.248. The Balaban J connectivity index is 1.92. The second-order valence-corrected chi connectivity index (χ2v) is 6.95. The molecule has 5 heteroatoms. The molecule has 0 saturated carbocycles. The predicted molar refractivity (Wildman–Crippen MR) is 106 cm³/mol. The number of hydrogen-bond donors (Lipinski definition) is 2. The summed E-state index contributed by atoms with van der Waals surface area (Å²) in [5, 5.41) is 10.6. The van der Waals surface area contributed by atoms with Crippen molar-refractivity contribution in [3.8, 4) is 22.6 Å². The molecule has 4 rings (SSSR count). The van der Waals surface area contributed by atoms with Crippen LogP contribution in [-0.4, -0.2) is 25.7 Å². The van der Waals surface area contributed by atoms with Gasteiger partial charge < -0.3 is 14.7 Å². The Morgan fingerprint density at radius 1 is 1.19 bits per heavy atom. The molecule has 4 aromatic rings. The SMILES string of the molecule is Cc1c(-c2c(-c3ccccc3)ncn2CC[C@H](C)O)[nH]c2ccc(F)cc12. The van der Waals surface area contributed by atoms with Crippen LogP contribution in [0.5, 0.6) is 0 Å². The topological polar surface area (TPSA) is 53.8 Å². The van der Waals surface area contributed by atoms with Gasteiger partial charge in [-0.3, -0.25) is 0 Å². The van der Waals surface area contributed by atoms with E-state index in [0.29, 0.717) is 13.0 Å². The van der Waals surface area contributed by atoms with E-state index in [9.17, 15) is 9.50 Å². The lowest BCUT2D eigenvalue weighted by molar-refractivity contribution is 0.178. The lowest BCUT2D eigenvalue weighted by atomic mass is 10.1. The number of rotatable bonds is 5. The number of nitrogens with zero attached hydrogens (tertiary/aromatic N) is 2. The first-order valence-electron chi connectivity index (χ1n) is 9.11. The van der Waals surface area contributed by atoms with Crippen molar-refractivity contribution in [2.45, 2.75) is 32.9 Å². The van der Waals surface area contributed by atoms with Crippen LogP contribution in [-0.2, 0) is 6.54 Å². The molecule has 1 atom stereocenters. The number of hydrogen-bond acceptors (Lipinski definition) is 2. The van der Waals surface area contributed by atoms with Crippen LogP contribution < -0.4 is 0 Å². The zero-order valence-electron chi connectivity index (χ0n) is 15.4. The molecule has 27 heavy (non-hydrogen) atoms. The highest BCUT2D eigenvalue weighted by atomic mass is 19.1. The predicted octanol–water partition coefficient (Wildman–Crippen LogP) is 4.92. The molecule has 0 unspecified atom stereocenters. The number of aryl methyl sites for hydroxylation is 2. The van der Waals surface area contributed by atoms with Gasteiger partial charge in [0.2, 0.25) is 0 Å². The maximum Gasteiger partial charge on any atom is 0.123 e. The van der Waals surface area contributed by atoms with Crippen molar-refractivity contribution in [3.63, 3.8) is 0 Å². The maximum absolute atomic E-state index is 13.7. The molecule has 0 bridgehead atoms. The Morgan fingerprint density at radius 3 is 2.70 bits per heavy atom. The van der Waals surface area contributed by atoms with E-state index in [0.717, 1.165) is 39.1 Å². The van der Waals surface area contributed by atoms with E-state index in [1.165, 1.54) is 6.07 Å². The molecule has 0 amide bonds. The molecule has 2 N–H and O–H groups in total. The molecule has 0 aliphatic heterocycles. The first kappa shape index (κ1) is 17.5. The van der Waals surface area contributed by atoms with Crippen LogP contribution in [0.15, 0.2) is 54.9 Å². The Bertz CT molecular complexity index is 1080. The number of halogens is 1. The van der Waals surface area contributed by atoms with E-state index in [1.54, 1.807) is 19.1 Å². The third-order valence-corrected chi connectivity index (χ3v) is 4.93. The number of imidazole rings is 1. The summed E-state index contributed by atoms with van der Waals surface area (Å²) < 4.78 is 15.8. The second kappa shape index (κ2) is 7.00. The highest BCUT2D eigenvalue weighted by Crippen LogP contribution is 2.36. The van der Waals surface area contributed by atoms with Gasteiger partial charge in [0.25, 0.3) is 0 Å². The summed E-state index contributed by atoms with van der Waals surface area (Å²) in [6, 6.07) is 14.8. The van der Waals surface area contributed by atoms with Gasteiger partial charge in [0.1, 0.15) is 5.82 Å². The fraction of sp³-hybridized carbons (Fsp3) is 0.227. The van der Waals surface area contributed by atoms with Gasteiger partial charge in [0.05, 0.1) is 29.5 Å². The van der Waals surface area contributed by atoms with Crippen LogP contribution in [0.25, 0.3) is 33.5 Å². The fourth-order valence-corrected chi connectivity index (χ4v) is 3.48.